The maximum absolute atomic E-state index is 12.6. The normalized spacial score (nSPS) is 14.6. The van der Waals surface area contributed by atoms with E-state index >= 15 is 0 Å². The quantitative estimate of drug-likeness (QED) is 0.697. The maximum atomic E-state index is 12.6. The first-order valence-electron chi connectivity index (χ1n) is 4.85. The van der Waals surface area contributed by atoms with Gasteiger partial charge in [-0.3, -0.25) is 0 Å². The molecule has 1 aromatic carbocycles. The Morgan fingerprint density at radius 2 is 2.00 bits per heavy atom. The van der Waals surface area contributed by atoms with Crippen molar-refractivity contribution in [2.24, 2.45) is 0 Å². The van der Waals surface area contributed by atoms with E-state index in [-0.39, 0.29) is 5.82 Å². The predicted octanol–water partition coefficient (Wildman–Crippen LogP) is 2.36. The summed E-state index contributed by atoms with van der Waals surface area (Å²) in [6.07, 6.45) is 2.10. The molecule has 0 aliphatic rings. The summed E-state index contributed by atoms with van der Waals surface area (Å²) in [5, 5.41) is 0. The van der Waals surface area contributed by atoms with Crippen LogP contribution in [0.5, 0.6) is 0 Å². The number of halogens is 1. The molecule has 0 saturated heterocycles. The van der Waals surface area contributed by atoms with Gasteiger partial charge in [-0.2, -0.15) is 0 Å². The fourth-order valence-electron chi connectivity index (χ4n) is 1.25. The van der Waals surface area contributed by atoms with Gasteiger partial charge < -0.3 is 9.53 Å². The predicted molar refractivity (Wildman–Crippen MR) is 56.2 cm³/mol. The number of aldehydes is 1. The molecule has 0 aromatic heterocycles. The number of carbonyl (C=O) groups is 1. The first kappa shape index (κ1) is 11.9. The van der Waals surface area contributed by atoms with Crippen molar-refractivity contribution in [2.45, 2.75) is 25.4 Å². The largest absolute Gasteiger partial charge is 0.371 e. The molecule has 1 aromatic rings. The molecule has 0 amide bonds. The van der Waals surface area contributed by atoms with Crippen LogP contribution in [-0.2, 0) is 16.0 Å². The lowest BCUT2D eigenvalue weighted by atomic mass is 9.98. The highest BCUT2D eigenvalue weighted by molar-refractivity contribution is 5.61. The van der Waals surface area contributed by atoms with Crippen molar-refractivity contribution in [2.75, 3.05) is 7.11 Å². The van der Waals surface area contributed by atoms with E-state index in [1.54, 1.807) is 19.1 Å². The molecule has 0 radical (unpaired) electrons. The Kier molecular flexibility index (Phi) is 3.97. The van der Waals surface area contributed by atoms with Crippen LogP contribution in [-0.4, -0.2) is 19.0 Å². The lowest BCUT2D eigenvalue weighted by molar-refractivity contribution is -0.126. The Balaban J connectivity index is 2.56. The summed E-state index contributed by atoms with van der Waals surface area (Å²) in [7, 11) is 1.51. The van der Waals surface area contributed by atoms with Gasteiger partial charge in [0.25, 0.3) is 0 Å². The molecule has 82 valence electrons. The van der Waals surface area contributed by atoms with Gasteiger partial charge in [0.2, 0.25) is 0 Å². The van der Waals surface area contributed by atoms with E-state index in [2.05, 4.69) is 0 Å². The molecule has 0 saturated carbocycles. The molecule has 0 heterocycles. The number of ether oxygens (including phenoxy) is 1. The fraction of sp³-hybridized carbons (Fsp3) is 0.417. The van der Waals surface area contributed by atoms with Crippen molar-refractivity contribution >= 4 is 6.29 Å². The van der Waals surface area contributed by atoms with E-state index in [9.17, 15) is 9.18 Å². The number of methoxy groups -OCH3 is 1. The molecule has 0 aliphatic carbocycles. The molecule has 1 unspecified atom stereocenters. The minimum absolute atomic E-state index is 0.247. The van der Waals surface area contributed by atoms with Gasteiger partial charge in [0.1, 0.15) is 11.4 Å². The van der Waals surface area contributed by atoms with Crippen molar-refractivity contribution in [3.8, 4) is 0 Å². The van der Waals surface area contributed by atoms with Gasteiger partial charge in [0.05, 0.1) is 0 Å². The number of rotatable bonds is 5. The van der Waals surface area contributed by atoms with Crippen LogP contribution in [0.3, 0.4) is 0 Å². The number of aryl methyl sites for hydroxylation is 1. The Labute approximate surface area is 89.1 Å². The smallest absolute Gasteiger partial charge is 0.151 e. The van der Waals surface area contributed by atoms with Gasteiger partial charge in [0, 0.05) is 7.11 Å². The van der Waals surface area contributed by atoms with E-state index in [4.69, 9.17) is 4.74 Å². The van der Waals surface area contributed by atoms with Crippen molar-refractivity contribution < 1.29 is 13.9 Å². The van der Waals surface area contributed by atoms with E-state index < -0.39 is 5.60 Å². The molecule has 1 atom stereocenters. The third kappa shape index (κ3) is 3.44. The molecule has 0 N–H and O–H groups in total. The topological polar surface area (TPSA) is 26.3 Å². The third-order valence-electron chi connectivity index (χ3n) is 2.54. The van der Waals surface area contributed by atoms with Crippen LogP contribution in [0.15, 0.2) is 24.3 Å². The van der Waals surface area contributed by atoms with Crippen molar-refractivity contribution in [1.29, 1.82) is 0 Å². The summed E-state index contributed by atoms with van der Waals surface area (Å²) in [6, 6.07) is 6.27. The van der Waals surface area contributed by atoms with Gasteiger partial charge in [-0.1, -0.05) is 12.1 Å². The third-order valence-corrected chi connectivity index (χ3v) is 2.54. The molecule has 2 nitrogen and oxygen atoms in total. The summed E-state index contributed by atoms with van der Waals surface area (Å²) < 4.78 is 17.7. The summed E-state index contributed by atoms with van der Waals surface area (Å²) in [6.45, 7) is 1.74. The van der Waals surface area contributed by atoms with E-state index in [1.807, 2.05) is 0 Å². The molecule has 0 spiro atoms. The Bertz CT molecular complexity index is 321. The van der Waals surface area contributed by atoms with E-state index in [1.165, 1.54) is 19.2 Å². The van der Waals surface area contributed by atoms with Crippen molar-refractivity contribution in [3.05, 3.63) is 35.6 Å². The minimum Gasteiger partial charge on any atom is -0.371 e. The number of benzene rings is 1. The monoisotopic (exact) mass is 210 g/mol. The Morgan fingerprint density at radius 1 is 1.40 bits per heavy atom. The van der Waals surface area contributed by atoms with Crippen molar-refractivity contribution in [3.63, 3.8) is 0 Å². The second kappa shape index (κ2) is 5.03. The second-order valence-electron chi connectivity index (χ2n) is 3.76. The average molecular weight is 210 g/mol. The highest BCUT2D eigenvalue weighted by Crippen LogP contribution is 2.15. The molecular weight excluding hydrogens is 195 g/mol. The molecule has 1 rings (SSSR count). The van der Waals surface area contributed by atoms with Crippen LogP contribution in [0.25, 0.3) is 0 Å². The molecule has 0 fully saturated rings. The Hall–Kier alpha value is -1.22. The van der Waals surface area contributed by atoms with Gasteiger partial charge in [-0.05, 0) is 37.5 Å². The zero-order valence-electron chi connectivity index (χ0n) is 9.00. The number of hydrogen-bond donors (Lipinski definition) is 0. The SMILES string of the molecule is COC(C)(C=O)CCc1ccc(F)cc1. The lowest BCUT2D eigenvalue weighted by Gasteiger charge is -2.20. The number of hydrogen-bond acceptors (Lipinski definition) is 2. The van der Waals surface area contributed by atoms with Gasteiger partial charge in [0.15, 0.2) is 6.29 Å². The zero-order valence-corrected chi connectivity index (χ0v) is 9.00. The first-order chi connectivity index (χ1) is 7.09. The average Bonchev–Trinajstić information content (AvgIpc) is 2.28. The summed E-state index contributed by atoms with van der Waals surface area (Å²) >= 11 is 0. The van der Waals surface area contributed by atoms with Gasteiger partial charge >= 0.3 is 0 Å². The van der Waals surface area contributed by atoms with Crippen LogP contribution >= 0.6 is 0 Å². The van der Waals surface area contributed by atoms with Gasteiger partial charge in [-0.25, -0.2) is 4.39 Å². The minimum atomic E-state index is -0.742. The van der Waals surface area contributed by atoms with Gasteiger partial charge in [-0.15, -0.1) is 0 Å². The van der Waals surface area contributed by atoms with E-state index in [0.717, 1.165) is 11.8 Å². The Morgan fingerprint density at radius 3 is 2.47 bits per heavy atom. The lowest BCUT2D eigenvalue weighted by Crippen LogP contribution is -2.29. The van der Waals surface area contributed by atoms with Crippen LogP contribution in [0.4, 0.5) is 4.39 Å². The molecule has 15 heavy (non-hydrogen) atoms. The molecule has 0 aliphatic heterocycles. The maximum Gasteiger partial charge on any atom is 0.151 e. The molecule has 0 bridgehead atoms. The van der Waals surface area contributed by atoms with Crippen LogP contribution < -0.4 is 0 Å². The highest BCUT2D eigenvalue weighted by Gasteiger charge is 2.21. The zero-order chi connectivity index (χ0) is 11.3. The molecular formula is C12H15FO2. The highest BCUT2D eigenvalue weighted by atomic mass is 19.1. The number of carbonyl (C=O) groups excluding carboxylic acids is 1. The van der Waals surface area contributed by atoms with Crippen LogP contribution in [0.1, 0.15) is 18.9 Å². The fourth-order valence-corrected chi connectivity index (χ4v) is 1.25. The summed E-state index contributed by atoms with van der Waals surface area (Å²) in [5.74, 6) is -0.247. The standard InChI is InChI=1S/C12H15FO2/c1-12(9-14,15-2)8-7-10-3-5-11(13)6-4-10/h3-6,9H,7-8H2,1-2H3. The summed E-state index contributed by atoms with van der Waals surface area (Å²) in [5.41, 5.74) is 0.260. The summed E-state index contributed by atoms with van der Waals surface area (Å²) in [4.78, 5) is 10.7. The first-order valence-corrected chi connectivity index (χ1v) is 4.85. The van der Waals surface area contributed by atoms with E-state index in [0.29, 0.717) is 12.8 Å². The molecule has 3 heteroatoms. The second-order valence-corrected chi connectivity index (χ2v) is 3.76. The van der Waals surface area contributed by atoms with Crippen molar-refractivity contribution in [1.82, 2.24) is 0 Å². The van der Waals surface area contributed by atoms with Crippen LogP contribution in [0, 0.1) is 5.82 Å². The van der Waals surface area contributed by atoms with Crippen LogP contribution in [0.2, 0.25) is 0 Å².